The van der Waals surface area contributed by atoms with Gasteiger partial charge in [0.1, 0.15) is 0 Å². The molecule has 7 heteroatoms. The van der Waals surface area contributed by atoms with E-state index >= 15 is 0 Å². The van der Waals surface area contributed by atoms with E-state index in [1.165, 1.54) is 14.2 Å². The van der Waals surface area contributed by atoms with Gasteiger partial charge in [-0.3, -0.25) is 9.59 Å². The summed E-state index contributed by atoms with van der Waals surface area (Å²) in [5, 5.41) is 0. The molecule has 1 heterocycles. The Kier molecular flexibility index (Phi) is 4.44. The topological polar surface area (TPSA) is 80.3 Å². The first-order chi connectivity index (χ1) is 11.1. The Hall–Kier alpha value is -1.44. The van der Waals surface area contributed by atoms with Crippen molar-refractivity contribution in [1.29, 1.82) is 0 Å². The van der Waals surface area contributed by atoms with Crippen molar-refractivity contribution in [2.24, 2.45) is 35.5 Å². The molecule has 4 aliphatic rings. The number of hydrogen-bond acceptors (Lipinski definition) is 7. The monoisotopic (exact) mass is 326 g/mol. The molecular formula is C16H22O7. The highest BCUT2D eigenvalue weighted by Gasteiger charge is 2.64. The van der Waals surface area contributed by atoms with Gasteiger partial charge >= 0.3 is 11.9 Å². The van der Waals surface area contributed by atoms with Gasteiger partial charge in [0, 0.05) is 26.1 Å². The predicted molar refractivity (Wildman–Crippen MR) is 76.8 cm³/mol. The van der Waals surface area contributed by atoms with Crippen molar-refractivity contribution < 1.29 is 33.3 Å². The first-order valence-electron chi connectivity index (χ1n) is 7.64. The lowest BCUT2D eigenvalue weighted by Gasteiger charge is -2.49. The number of carbonyl (C=O) groups is 2. The van der Waals surface area contributed by atoms with Gasteiger partial charge in [0.05, 0.1) is 26.1 Å². The zero-order valence-corrected chi connectivity index (χ0v) is 13.6. The van der Waals surface area contributed by atoms with E-state index in [9.17, 15) is 9.59 Å². The highest BCUT2D eigenvalue weighted by atomic mass is 16.8. The smallest absolute Gasteiger partial charge is 0.310 e. The summed E-state index contributed by atoms with van der Waals surface area (Å²) in [6.45, 7) is 0. The molecule has 2 fully saturated rings. The molecule has 0 N–H and O–H groups in total. The van der Waals surface area contributed by atoms with Crippen LogP contribution in [0, 0.1) is 35.5 Å². The molecule has 1 saturated carbocycles. The van der Waals surface area contributed by atoms with Gasteiger partial charge in [0.2, 0.25) is 0 Å². The molecule has 0 aromatic rings. The summed E-state index contributed by atoms with van der Waals surface area (Å²) in [4.78, 5) is 24.7. The molecule has 7 nitrogen and oxygen atoms in total. The molecule has 2 bridgehead atoms. The Morgan fingerprint density at radius 2 is 1.17 bits per heavy atom. The van der Waals surface area contributed by atoms with Crippen LogP contribution in [-0.2, 0) is 33.3 Å². The maximum absolute atomic E-state index is 12.3. The summed E-state index contributed by atoms with van der Waals surface area (Å²) < 4.78 is 26.6. The first-order valence-corrected chi connectivity index (χ1v) is 7.64. The number of hydrogen-bond donors (Lipinski definition) is 0. The molecule has 0 aromatic carbocycles. The summed E-state index contributed by atoms with van der Waals surface area (Å²) >= 11 is 0. The third-order valence-electron chi connectivity index (χ3n) is 5.41. The van der Waals surface area contributed by atoms with Crippen molar-refractivity contribution in [2.45, 2.75) is 12.6 Å². The van der Waals surface area contributed by atoms with Crippen LogP contribution >= 0.6 is 0 Å². The molecule has 0 spiro atoms. The molecule has 4 rings (SSSR count). The summed E-state index contributed by atoms with van der Waals surface area (Å²) in [6, 6.07) is 0. The van der Waals surface area contributed by atoms with Gasteiger partial charge in [-0.1, -0.05) is 12.2 Å². The summed E-state index contributed by atoms with van der Waals surface area (Å²) in [5.74, 6) is -2.57. The van der Waals surface area contributed by atoms with Crippen molar-refractivity contribution in [3.63, 3.8) is 0 Å². The lowest BCUT2D eigenvalue weighted by atomic mass is 9.53. The molecule has 3 aliphatic carbocycles. The fourth-order valence-corrected chi connectivity index (χ4v) is 4.57. The SMILES string of the molecule is COC(=O)[C@@H]1[C@@H]2C=C[C@H]([C@@H]1C(=O)OC)[C@H]1C(OC)OC(OC)[C@@H]21. The number of rotatable bonds is 4. The van der Waals surface area contributed by atoms with E-state index in [2.05, 4.69) is 0 Å². The molecule has 0 aromatic heterocycles. The molecule has 23 heavy (non-hydrogen) atoms. The van der Waals surface area contributed by atoms with Crippen molar-refractivity contribution in [2.75, 3.05) is 28.4 Å². The van der Waals surface area contributed by atoms with Crippen molar-refractivity contribution in [1.82, 2.24) is 0 Å². The van der Waals surface area contributed by atoms with Gasteiger partial charge in [0.15, 0.2) is 12.6 Å². The molecular weight excluding hydrogens is 304 g/mol. The number of ether oxygens (including phenoxy) is 5. The number of carbonyl (C=O) groups excluding carboxylic acids is 2. The zero-order chi connectivity index (χ0) is 16.7. The van der Waals surface area contributed by atoms with Crippen LogP contribution in [0.5, 0.6) is 0 Å². The summed E-state index contributed by atoms with van der Waals surface area (Å²) in [6.07, 6.45) is 2.99. The molecule has 128 valence electrons. The number of methoxy groups -OCH3 is 4. The molecule has 1 saturated heterocycles. The Labute approximate surface area is 134 Å². The van der Waals surface area contributed by atoms with Crippen LogP contribution in [0.1, 0.15) is 0 Å². The minimum atomic E-state index is -0.597. The van der Waals surface area contributed by atoms with Crippen molar-refractivity contribution in [3.8, 4) is 0 Å². The zero-order valence-electron chi connectivity index (χ0n) is 13.6. The highest BCUT2D eigenvalue weighted by molar-refractivity contribution is 5.84. The van der Waals surface area contributed by atoms with E-state index in [0.717, 1.165) is 0 Å². The first kappa shape index (κ1) is 16.4. The number of allylic oxidation sites excluding steroid dienone is 2. The second kappa shape index (κ2) is 6.22. The van der Waals surface area contributed by atoms with Crippen LogP contribution < -0.4 is 0 Å². The van der Waals surface area contributed by atoms with Crippen molar-refractivity contribution >= 4 is 11.9 Å². The van der Waals surface area contributed by atoms with Gasteiger partial charge in [-0.05, 0) is 11.8 Å². The van der Waals surface area contributed by atoms with Crippen LogP contribution in [-0.4, -0.2) is 53.0 Å². The van der Waals surface area contributed by atoms with Gasteiger partial charge < -0.3 is 23.7 Å². The summed E-state index contributed by atoms with van der Waals surface area (Å²) in [7, 11) is 5.79. The van der Waals surface area contributed by atoms with E-state index in [1.54, 1.807) is 14.2 Å². The lowest BCUT2D eigenvalue weighted by molar-refractivity contribution is -0.199. The Morgan fingerprint density at radius 1 is 0.783 bits per heavy atom. The fourth-order valence-electron chi connectivity index (χ4n) is 4.57. The van der Waals surface area contributed by atoms with E-state index in [-0.39, 0.29) is 23.7 Å². The fraction of sp³-hybridized carbons (Fsp3) is 0.750. The van der Waals surface area contributed by atoms with Crippen molar-refractivity contribution in [3.05, 3.63) is 12.2 Å². The van der Waals surface area contributed by atoms with Gasteiger partial charge in [-0.25, -0.2) is 0 Å². The van der Waals surface area contributed by atoms with Crippen LogP contribution in [0.3, 0.4) is 0 Å². The van der Waals surface area contributed by atoms with Gasteiger partial charge in [-0.15, -0.1) is 0 Å². The van der Waals surface area contributed by atoms with Crippen LogP contribution in [0.15, 0.2) is 12.2 Å². The second-order valence-electron chi connectivity index (χ2n) is 6.14. The Bertz CT molecular complexity index is 473. The largest absolute Gasteiger partial charge is 0.469 e. The maximum atomic E-state index is 12.3. The van der Waals surface area contributed by atoms with E-state index in [4.69, 9.17) is 23.7 Å². The average molecular weight is 326 g/mol. The number of fused-ring (bicyclic) bond motifs is 1. The van der Waals surface area contributed by atoms with E-state index in [1.807, 2.05) is 12.2 Å². The molecule has 0 amide bonds. The Balaban J connectivity index is 2.03. The normalized spacial score (nSPS) is 44.0. The molecule has 0 radical (unpaired) electrons. The lowest BCUT2D eigenvalue weighted by Crippen LogP contribution is -2.56. The third-order valence-corrected chi connectivity index (χ3v) is 5.41. The minimum Gasteiger partial charge on any atom is -0.469 e. The predicted octanol–water partition coefficient (Wildman–Crippen LogP) is 0.588. The average Bonchev–Trinajstić information content (AvgIpc) is 3.00. The Morgan fingerprint density at radius 3 is 1.48 bits per heavy atom. The van der Waals surface area contributed by atoms with E-state index in [0.29, 0.717) is 0 Å². The summed E-state index contributed by atoms with van der Waals surface area (Å²) in [5.41, 5.74) is 0. The van der Waals surface area contributed by atoms with Crippen LogP contribution in [0.25, 0.3) is 0 Å². The molecule has 2 unspecified atom stereocenters. The molecule has 8 atom stereocenters. The van der Waals surface area contributed by atoms with Gasteiger partial charge in [0.25, 0.3) is 0 Å². The quantitative estimate of drug-likeness (QED) is 0.552. The third kappa shape index (κ3) is 2.29. The standard InChI is InChI=1S/C16H22O7/c1-19-13(17)9-7-5-6-8(10(9)14(18)20-2)12-11(7)15(21-3)23-16(12)22-4/h5-12,15-16H,1-4H3/t7-,8+,9+,10-,11-,12+,15?,16?. The van der Waals surface area contributed by atoms with Crippen LogP contribution in [0.4, 0.5) is 0 Å². The van der Waals surface area contributed by atoms with Gasteiger partial charge in [-0.2, -0.15) is 0 Å². The molecule has 1 aliphatic heterocycles. The van der Waals surface area contributed by atoms with Crippen LogP contribution in [0.2, 0.25) is 0 Å². The van der Waals surface area contributed by atoms with E-state index < -0.39 is 36.4 Å². The maximum Gasteiger partial charge on any atom is 0.310 e. The second-order valence-corrected chi connectivity index (χ2v) is 6.14. The highest BCUT2D eigenvalue weighted by Crippen LogP contribution is 2.58. The number of esters is 2. The minimum absolute atomic E-state index is 0.0649.